The van der Waals surface area contributed by atoms with Crippen molar-refractivity contribution in [3.63, 3.8) is 0 Å². The number of imide groups is 1. The lowest BCUT2D eigenvalue weighted by molar-refractivity contribution is -0.00572. The minimum atomic E-state index is -0.583. The lowest BCUT2D eigenvalue weighted by Crippen LogP contribution is -2.52. The molecule has 0 N–H and O–H groups in total. The molecule has 7 heteroatoms. The first kappa shape index (κ1) is 20.4. The minimum absolute atomic E-state index is 0.0723. The molecule has 0 bridgehead atoms. The summed E-state index contributed by atoms with van der Waals surface area (Å²) in [6, 6.07) is 11.7. The summed E-state index contributed by atoms with van der Waals surface area (Å²) in [5, 5.41) is 0. The molecule has 32 heavy (non-hydrogen) atoms. The number of nitrogens with zero attached hydrogens (tertiary/aromatic N) is 2. The number of fused-ring (bicyclic) bond motifs is 2. The van der Waals surface area contributed by atoms with Gasteiger partial charge in [0.2, 0.25) is 0 Å². The number of ketones is 1. The van der Waals surface area contributed by atoms with Crippen molar-refractivity contribution in [2.75, 3.05) is 13.1 Å². The molecule has 0 radical (unpaired) electrons. The van der Waals surface area contributed by atoms with Crippen LogP contribution < -0.4 is 4.74 Å². The minimum Gasteiger partial charge on any atom is -0.486 e. The van der Waals surface area contributed by atoms with Crippen LogP contribution in [0.2, 0.25) is 0 Å². The Kier molecular flexibility index (Phi) is 4.65. The van der Waals surface area contributed by atoms with Crippen LogP contribution in [0.4, 0.5) is 0 Å². The zero-order chi connectivity index (χ0) is 22.6. The van der Waals surface area contributed by atoms with Gasteiger partial charge < -0.3 is 9.64 Å². The number of piperidine rings is 1. The van der Waals surface area contributed by atoms with E-state index in [1.807, 2.05) is 18.2 Å². The SMILES string of the molecule is CC(C)N1C(=O)c2ccc(C(=O)N3CCC4(CC3)CC(=O)c3ccccc3O4)cc2C1=O. The molecule has 0 atom stereocenters. The Morgan fingerprint density at radius 1 is 0.938 bits per heavy atom. The molecule has 2 aromatic rings. The predicted octanol–water partition coefficient (Wildman–Crippen LogP) is 3.33. The topological polar surface area (TPSA) is 84.0 Å². The molecular weight excluding hydrogens is 408 g/mol. The van der Waals surface area contributed by atoms with Gasteiger partial charge in [0.1, 0.15) is 11.4 Å². The normalized spacial score (nSPS) is 19.3. The van der Waals surface area contributed by atoms with Crippen LogP contribution in [-0.4, -0.2) is 58.0 Å². The summed E-state index contributed by atoms with van der Waals surface area (Å²) in [6.07, 6.45) is 1.43. The lowest BCUT2D eigenvalue weighted by atomic mass is 9.82. The van der Waals surface area contributed by atoms with E-state index in [2.05, 4.69) is 0 Å². The molecule has 1 saturated heterocycles. The van der Waals surface area contributed by atoms with Crippen molar-refractivity contribution in [1.29, 1.82) is 0 Å². The first-order valence-electron chi connectivity index (χ1n) is 10.9. The van der Waals surface area contributed by atoms with Crippen molar-refractivity contribution in [2.45, 2.75) is 44.8 Å². The average molecular weight is 432 g/mol. The van der Waals surface area contributed by atoms with Gasteiger partial charge in [-0.2, -0.15) is 0 Å². The van der Waals surface area contributed by atoms with E-state index in [0.29, 0.717) is 54.8 Å². The van der Waals surface area contributed by atoms with Crippen LogP contribution in [0.15, 0.2) is 42.5 Å². The summed E-state index contributed by atoms with van der Waals surface area (Å²) >= 11 is 0. The maximum absolute atomic E-state index is 13.1. The van der Waals surface area contributed by atoms with Gasteiger partial charge in [0.15, 0.2) is 5.78 Å². The fourth-order valence-corrected chi connectivity index (χ4v) is 4.88. The van der Waals surface area contributed by atoms with Crippen LogP contribution in [0, 0.1) is 0 Å². The Labute approximate surface area is 185 Å². The van der Waals surface area contributed by atoms with Gasteiger partial charge in [-0.25, -0.2) is 0 Å². The second kappa shape index (κ2) is 7.29. The summed E-state index contributed by atoms with van der Waals surface area (Å²) in [6.45, 7) is 4.48. The third kappa shape index (κ3) is 3.11. The highest BCUT2D eigenvalue weighted by Crippen LogP contribution is 2.39. The molecule has 1 spiro atoms. The zero-order valence-electron chi connectivity index (χ0n) is 18.1. The van der Waals surface area contributed by atoms with E-state index < -0.39 is 5.60 Å². The Morgan fingerprint density at radius 3 is 2.34 bits per heavy atom. The lowest BCUT2D eigenvalue weighted by Gasteiger charge is -2.44. The van der Waals surface area contributed by atoms with Crippen LogP contribution in [0.5, 0.6) is 5.75 Å². The van der Waals surface area contributed by atoms with E-state index in [-0.39, 0.29) is 35.1 Å². The van der Waals surface area contributed by atoms with E-state index in [1.54, 1.807) is 36.9 Å². The Balaban J connectivity index is 1.32. The molecule has 0 aromatic heterocycles. The number of para-hydroxylation sites is 1. The summed E-state index contributed by atoms with van der Waals surface area (Å²) in [5.74, 6) is -0.185. The number of carbonyl (C=O) groups excluding carboxylic acids is 4. The summed E-state index contributed by atoms with van der Waals surface area (Å²) in [5.41, 5.74) is 1.04. The summed E-state index contributed by atoms with van der Waals surface area (Å²) in [4.78, 5) is 53.9. The molecule has 0 unspecified atom stereocenters. The molecule has 0 aliphatic carbocycles. The van der Waals surface area contributed by atoms with E-state index in [1.165, 1.54) is 11.0 Å². The number of ether oxygens (including phenoxy) is 1. The predicted molar refractivity (Wildman–Crippen MR) is 116 cm³/mol. The quantitative estimate of drug-likeness (QED) is 0.680. The third-order valence-electron chi connectivity index (χ3n) is 6.64. The van der Waals surface area contributed by atoms with Gasteiger partial charge in [-0.1, -0.05) is 12.1 Å². The van der Waals surface area contributed by atoms with E-state index in [0.717, 1.165) is 0 Å². The van der Waals surface area contributed by atoms with Crippen LogP contribution in [0.25, 0.3) is 0 Å². The maximum atomic E-state index is 13.1. The van der Waals surface area contributed by atoms with Crippen molar-refractivity contribution in [1.82, 2.24) is 9.80 Å². The van der Waals surface area contributed by atoms with Crippen molar-refractivity contribution >= 4 is 23.5 Å². The largest absolute Gasteiger partial charge is 0.486 e. The molecule has 7 nitrogen and oxygen atoms in total. The summed E-state index contributed by atoms with van der Waals surface area (Å²) < 4.78 is 6.24. The molecule has 0 saturated carbocycles. The zero-order valence-corrected chi connectivity index (χ0v) is 18.1. The number of Topliss-reactive ketones (excluding diaryl/α,β-unsaturated/α-hetero) is 1. The van der Waals surface area contributed by atoms with Gasteiger partial charge in [-0.3, -0.25) is 24.1 Å². The molecule has 1 fully saturated rings. The smallest absolute Gasteiger partial charge is 0.261 e. The number of amides is 3. The van der Waals surface area contributed by atoms with Crippen LogP contribution in [-0.2, 0) is 0 Å². The van der Waals surface area contributed by atoms with Crippen LogP contribution in [0.3, 0.4) is 0 Å². The second-order valence-electron chi connectivity index (χ2n) is 9.01. The second-order valence-corrected chi connectivity index (χ2v) is 9.01. The van der Waals surface area contributed by atoms with Crippen molar-refractivity contribution in [3.8, 4) is 5.75 Å². The Hall–Kier alpha value is -3.48. The van der Waals surface area contributed by atoms with Gasteiger partial charge in [0, 0.05) is 37.5 Å². The third-order valence-corrected chi connectivity index (χ3v) is 6.64. The van der Waals surface area contributed by atoms with Crippen molar-refractivity contribution in [3.05, 3.63) is 64.7 Å². The number of carbonyl (C=O) groups is 4. The van der Waals surface area contributed by atoms with Gasteiger partial charge in [0.05, 0.1) is 23.1 Å². The van der Waals surface area contributed by atoms with E-state index >= 15 is 0 Å². The molecule has 3 heterocycles. The molecule has 3 aliphatic heterocycles. The first-order chi connectivity index (χ1) is 15.3. The molecular formula is C25H24N2O5. The van der Waals surface area contributed by atoms with Gasteiger partial charge in [-0.15, -0.1) is 0 Å². The van der Waals surface area contributed by atoms with Gasteiger partial charge in [-0.05, 0) is 44.2 Å². The average Bonchev–Trinajstić information content (AvgIpc) is 3.03. The standard InChI is InChI=1S/C25H24N2O5/c1-15(2)27-23(30)17-8-7-16(13-19(17)24(27)31)22(29)26-11-9-25(10-12-26)14-20(28)18-5-3-4-6-21(18)32-25/h3-8,13,15H,9-12,14H2,1-2H3. The van der Waals surface area contributed by atoms with Gasteiger partial charge in [0.25, 0.3) is 17.7 Å². The number of likely N-dealkylation sites (tertiary alicyclic amines) is 1. The van der Waals surface area contributed by atoms with Crippen LogP contribution >= 0.6 is 0 Å². The highest BCUT2D eigenvalue weighted by atomic mass is 16.5. The van der Waals surface area contributed by atoms with Gasteiger partial charge >= 0.3 is 0 Å². The Bertz CT molecular complexity index is 1160. The maximum Gasteiger partial charge on any atom is 0.261 e. The van der Waals surface area contributed by atoms with E-state index in [9.17, 15) is 19.2 Å². The number of hydrogen-bond donors (Lipinski definition) is 0. The monoisotopic (exact) mass is 432 g/mol. The number of benzene rings is 2. The van der Waals surface area contributed by atoms with Crippen molar-refractivity contribution < 1.29 is 23.9 Å². The molecule has 2 aromatic carbocycles. The molecule has 3 amide bonds. The first-order valence-corrected chi connectivity index (χ1v) is 10.9. The molecule has 3 aliphatic rings. The fraction of sp³-hybridized carbons (Fsp3) is 0.360. The number of hydrogen-bond acceptors (Lipinski definition) is 5. The van der Waals surface area contributed by atoms with Crippen molar-refractivity contribution in [2.24, 2.45) is 0 Å². The number of rotatable bonds is 2. The summed E-state index contributed by atoms with van der Waals surface area (Å²) in [7, 11) is 0. The van der Waals surface area contributed by atoms with Crippen LogP contribution in [0.1, 0.15) is 74.5 Å². The molecule has 5 rings (SSSR count). The highest BCUT2D eigenvalue weighted by Gasteiger charge is 2.44. The highest BCUT2D eigenvalue weighted by molar-refractivity contribution is 6.22. The fourth-order valence-electron chi connectivity index (χ4n) is 4.88. The van der Waals surface area contributed by atoms with E-state index in [4.69, 9.17) is 4.74 Å². The molecule has 164 valence electrons. The Morgan fingerprint density at radius 2 is 1.62 bits per heavy atom.